The highest BCUT2D eigenvalue weighted by Gasteiger charge is 2.14. The third-order valence-corrected chi connectivity index (χ3v) is 6.92. The average molecular weight is 392 g/mol. The van der Waals surface area contributed by atoms with E-state index in [1.807, 2.05) is 23.5 Å². The Morgan fingerprint density at radius 2 is 1.77 bits per heavy atom. The smallest absolute Gasteiger partial charge is 0.0494 e. The minimum Gasteiger partial charge on any atom is -0.344 e. The summed E-state index contributed by atoms with van der Waals surface area (Å²) in [4.78, 5) is 0. The predicted octanol–water partition coefficient (Wildman–Crippen LogP) is 6.51. The number of thioether (sulfide) groups is 2. The fourth-order valence-electron chi connectivity index (χ4n) is 3.05. The molecule has 1 heterocycles. The van der Waals surface area contributed by atoms with Gasteiger partial charge in [-0.05, 0) is 54.8 Å². The molecule has 0 saturated carbocycles. The lowest BCUT2D eigenvalue weighted by atomic mass is 10.0. The van der Waals surface area contributed by atoms with Crippen LogP contribution in [0, 0.1) is 0 Å². The van der Waals surface area contributed by atoms with Gasteiger partial charge in [-0.15, -0.1) is 23.5 Å². The average Bonchev–Trinajstić information content (AvgIpc) is 2.81. The fourth-order valence-corrected chi connectivity index (χ4v) is 4.91. The van der Waals surface area contributed by atoms with Gasteiger partial charge in [-0.25, -0.2) is 0 Å². The standard InChI is InChI=1S/C18H18BrNS2/c1-11(18(21-3)22-4)13-6-5-7-16-17(13)14-10-12(19)8-9-15(14)20(16)2/h5-10H,1-4H3. The quantitative estimate of drug-likeness (QED) is 0.501. The third-order valence-electron chi connectivity index (χ3n) is 4.07. The van der Waals surface area contributed by atoms with Gasteiger partial charge >= 0.3 is 0 Å². The monoisotopic (exact) mass is 391 g/mol. The van der Waals surface area contributed by atoms with E-state index in [9.17, 15) is 0 Å². The van der Waals surface area contributed by atoms with Crippen LogP contribution in [0.15, 0.2) is 45.1 Å². The largest absolute Gasteiger partial charge is 0.344 e. The molecule has 0 saturated heterocycles. The molecule has 114 valence electrons. The summed E-state index contributed by atoms with van der Waals surface area (Å²) in [5.41, 5.74) is 5.25. The van der Waals surface area contributed by atoms with Gasteiger partial charge in [-0.3, -0.25) is 0 Å². The Kier molecular flexibility index (Phi) is 4.62. The zero-order valence-corrected chi connectivity index (χ0v) is 16.3. The van der Waals surface area contributed by atoms with Gasteiger partial charge in [0.2, 0.25) is 0 Å². The summed E-state index contributed by atoms with van der Waals surface area (Å²) in [6.45, 7) is 2.23. The first-order chi connectivity index (χ1) is 10.6. The fraction of sp³-hybridized carbons (Fsp3) is 0.222. The summed E-state index contributed by atoms with van der Waals surface area (Å²) in [6.07, 6.45) is 4.30. The summed E-state index contributed by atoms with van der Waals surface area (Å²) >= 11 is 7.26. The number of rotatable bonds is 3. The van der Waals surface area contributed by atoms with Gasteiger partial charge in [-0.2, -0.15) is 0 Å². The second-order valence-corrected chi connectivity index (χ2v) is 8.05. The SMILES string of the molecule is CSC(SC)=C(C)c1cccc2c1c1cc(Br)ccc1n2C. The summed E-state index contributed by atoms with van der Waals surface area (Å²) in [6, 6.07) is 13.1. The highest BCUT2D eigenvalue weighted by atomic mass is 79.9. The Morgan fingerprint density at radius 3 is 2.45 bits per heavy atom. The lowest BCUT2D eigenvalue weighted by molar-refractivity contribution is 1.01. The van der Waals surface area contributed by atoms with Crippen molar-refractivity contribution in [2.45, 2.75) is 6.92 Å². The maximum Gasteiger partial charge on any atom is 0.0494 e. The van der Waals surface area contributed by atoms with Gasteiger partial charge in [0, 0.05) is 37.6 Å². The van der Waals surface area contributed by atoms with E-state index in [0.29, 0.717) is 0 Å². The van der Waals surface area contributed by atoms with Crippen LogP contribution in [0.3, 0.4) is 0 Å². The molecule has 2 aromatic carbocycles. The molecule has 0 amide bonds. The summed E-state index contributed by atoms with van der Waals surface area (Å²) in [7, 11) is 2.14. The molecule has 3 rings (SSSR count). The molecule has 0 spiro atoms. The normalized spacial score (nSPS) is 11.3. The van der Waals surface area contributed by atoms with Gasteiger partial charge < -0.3 is 4.57 Å². The molecular weight excluding hydrogens is 374 g/mol. The van der Waals surface area contributed by atoms with Crippen molar-refractivity contribution in [3.63, 3.8) is 0 Å². The highest BCUT2D eigenvalue weighted by molar-refractivity contribution is 9.10. The Labute approximate surface area is 148 Å². The van der Waals surface area contributed by atoms with E-state index in [1.165, 1.54) is 37.2 Å². The van der Waals surface area contributed by atoms with Gasteiger partial charge in [0.1, 0.15) is 0 Å². The Morgan fingerprint density at radius 1 is 1.05 bits per heavy atom. The molecule has 0 aliphatic rings. The van der Waals surface area contributed by atoms with Crippen LogP contribution in [0.4, 0.5) is 0 Å². The molecule has 0 N–H and O–H groups in total. The van der Waals surface area contributed by atoms with Gasteiger partial charge in [0.15, 0.2) is 0 Å². The van der Waals surface area contributed by atoms with Crippen molar-refractivity contribution in [2.24, 2.45) is 7.05 Å². The van der Waals surface area contributed by atoms with Crippen molar-refractivity contribution in [2.75, 3.05) is 12.5 Å². The molecule has 1 aromatic heterocycles. The lowest BCUT2D eigenvalue weighted by Gasteiger charge is -2.10. The molecule has 0 radical (unpaired) electrons. The Hall–Kier alpha value is -0.840. The summed E-state index contributed by atoms with van der Waals surface area (Å²) in [5, 5.41) is 2.66. The second-order valence-electron chi connectivity index (χ2n) is 5.24. The molecule has 0 unspecified atom stereocenters. The molecule has 0 bridgehead atoms. The van der Waals surface area contributed by atoms with Crippen molar-refractivity contribution in [3.05, 3.63) is 50.7 Å². The molecule has 0 atom stereocenters. The number of hydrogen-bond donors (Lipinski definition) is 0. The van der Waals surface area contributed by atoms with Gasteiger partial charge in [0.25, 0.3) is 0 Å². The van der Waals surface area contributed by atoms with Crippen molar-refractivity contribution < 1.29 is 0 Å². The van der Waals surface area contributed by atoms with Crippen molar-refractivity contribution in [3.8, 4) is 0 Å². The van der Waals surface area contributed by atoms with Gasteiger partial charge in [-0.1, -0.05) is 28.1 Å². The first kappa shape index (κ1) is 16.0. The van der Waals surface area contributed by atoms with Crippen molar-refractivity contribution in [1.29, 1.82) is 0 Å². The number of benzene rings is 2. The van der Waals surface area contributed by atoms with E-state index < -0.39 is 0 Å². The number of aromatic nitrogens is 1. The van der Waals surface area contributed by atoms with Crippen LogP contribution in [0.25, 0.3) is 27.4 Å². The van der Waals surface area contributed by atoms with Crippen LogP contribution in [0.5, 0.6) is 0 Å². The maximum absolute atomic E-state index is 3.62. The zero-order chi connectivity index (χ0) is 15.9. The number of allylic oxidation sites excluding steroid dienone is 1. The van der Waals surface area contributed by atoms with Crippen molar-refractivity contribution in [1.82, 2.24) is 4.57 Å². The molecule has 0 aliphatic heterocycles. The van der Waals surface area contributed by atoms with E-state index in [2.05, 4.69) is 83.4 Å². The molecule has 4 heteroatoms. The highest BCUT2D eigenvalue weighted by Crippen LogP contribution is 2.39. The zero-order valence-electron chi connectivity index (χ0n) is 13.1. The second kappa shape index (κ2) is 6.34. The van der Waals surface area contributed by atoms with E-state index >= 15 is 0 Å². The van der Waals surface area contributed by atoms with Crippen LogP contribution >= 0.6 is 39.5 Å². The molecule has 1 nitrogen and oxygen atoms in total. The topological polar surface area (TPSA) is 4.93 Å². The number of hydrogen-bond acceptors (Lipinski definition) is 2. The molecular formula is C18H18BrNS2. The first-order valence-corrected chi connectivity index (χ1v) is 10.3. The van der Waals surface area contributed by atoms with E-state index in [1.54, 1.807) is 0 Å². The number of aryl methyl sites for hydroxylation is 1. The number of halogens is 1. The van der Waals surface area contributed by atoms with Crippen LogP contribution in [-0.4, -0.2) is 17.1 Å². The van der Waals surface area contributed by atoms with E-state index in [0.717, 1.165) is 4.47 Å². The van der Waals surface area contributed by atoms with E-state index in [4.69, 9.17) is 0 Å². The van der Waals surface area contributed by atoms with E-state index in [-0.39, 0.29) is 0 Å². The molecule has 22 heavy (non-hydrogen) atoms. The first-order valence-electron chi connectivity index (χ1n) is 7.04. The number of fused-ring (bicyclic) bond motifs is 3. The molecule has 0 aliphatic carbocycles. The van der Waals surface area contributed by atoms with Crippen LogP contribution in [0.1, 0.15) is 12.5 Å². The van der Waals surface area contributed by atoms with Crippen LogP contribution in [-0.2, 0) is 7.05 Å². The molecule has 0 fully saturated rings. The predicted molar refractivity (Wildman–Crippen MR) is 108 cm³/mol. The lowest BCUT2D eigenvalue weighted by Crippen LogP contribution is -1.88. The van der Waals surface area contributed by atoms with Crippen LogP contribution < -0.4 is 0 Å². The summed E-state index contributed by atoms with van der Waals surface area (Å²) < 4.78 is 4.78. The maximum atomic E-state index is 3.62. The minimum atomic E-state index is 1.12. The summed E-state index contributed by atoms with van der Waals surface area (Å²) in [5.74, 6) is 0. The minimum absolute atomic E-state index is 1.12. The Bertz CT molecular complexity index is 887. The van der Waals surface area contributed by atoms with Crippen molar-refractivity contribution >= 4 is 66.8 Å². The number of nitrogens with zero attached hydrogens (tertiary/aromatic N) is 1. The van der Waals surface area contributed by atoms with Crippen LogP contribution in [0.2, 0.25) is 0 Å². The molecule has 3 aromatic rings. The van der Waals surface area contributed by atoms with Gasteiger partial charge in [0.05, 0.1) is 0 Å². The third kappa shape index (κ3) is 2.51. The Balaban J connectivity index is 2.47.